The van der Waals surface area contributed by atoms with Crippen LogP contribution in [0.15, 0.2) is 21.8 Å². The molecular formula is C33H56O2Sn. The monoisotopic (exact) mass is 604 g/mol. The normalized spacial score (nSPS) is 38.6. The second kappa shape index (κ2) is 11.6. The molecule has 0 aliphatic heterocycles. The fraction of sp³-hybridized carbons (Fsp3) is 0.848. The summed E-state index contributed by atoms with van der Waals surface area (Å²) in [6.07, 6.45) is 21.2. The molecule has 0 heterocycles. The predicted molar refractivity (Wildman–Crippen MR) is 156 cm³/mol. The topological polar surface area (TPSA) is 37.3 Å². The van der Waals surface area contributed by atoms with E-state index in [9.17, 15) is 9.90 Å². The van der Waals surface area contributed by atoms with Crippen molar-refractivity contribution in [1.29, 1.82) is 0 Å². The summed E-state index contributed by atoms with van der Waals surface area (Å²) in [6.45, 7) is 12.0. The molecule has 0 spiro atoms. The molecule has 4 aliphatic carbocycles. The van der Waals surface area contributed by atoms with Gasteiger partial charge in [0.1, 0.15) is 0 Å². The number of rotatable bonds is 11. The minimum atomic E-state index is -2.43. The van der Waals surface area contributed by atoms with E-state index in [1.165, 1.54) is 76.7 Å². The van der Waals surface area contributed by atoms with Gasteiger partial charge in [-0.15, -0.1) is 0 Å². The second-order valence-electron chi connectivity index (χ2n) is 13.9. The molecule has 2 nitrogen and oxygen atoms in total. The molecule has 3 heteroatoms. The van der Waals surface area contributed by atoms with E-state index in [4.69, 9.17) is 0 Å². The molecule has 0 aromatic rings. The molecule has 0 aromatic carbocycles. The van der Waals surface area contributed by atoms with E-state index < -0.39 is 24.0 Å². The first-order valence-corrected chi connectivity index (χ1v) is 23.5. The van der Waals surface area contributed by atoms with Crippen LogP contribution in [0.5, 0.6) is 0 Å². The third-order valence-corrected chi connectivity index (χ3v) is 26.0. The Balaban J connectivity index is 1.58. The molecule has 0 radical (unpaired) electrons. The Labute approximate surface area is 227 Å². The Morgan fingerprint density at radius 1 is 0.889 bits per heavy atom. The van der Waals surface area contributed by atoms with Crippen LogP contribution in [0.3, 0.4) is 0 Å². The van der Waals surface area contributed by atoms with Gasteiger partial charge >= 0.3 is 228 Å². The summed E-state index contributed by atoms with van der Waals surface area (Å²) in [7, 11) is 0. The van der Waals surface area contributed by atoms with Gasteiger partial charge in [-0.3, -0.25) is 0 Å². The van der Waals surface area contributed by atoms with Gasteiger partial charge in [-0.05, 0) is 0 Å². The van der Waals surface area contributed by atoms with E-state index in [-0.39, 0.29) is 10.8 Å². The van der Waals surface area contributed by atoms with Crippen molar-refractivity contribution in [3.8, 4) is 0 Å². The average molecular weight is 604 g/mol. The van der Waals surface area contributed by atoms with Crippen LogP contribution < -0.4 is 0 Å². The summed E-state index contributed by atoms with van der Waals surface area (Å²) >= 11 is -2.43. The zero-order valence-corrected chi connectivity index (χ0v) is 27.2. The van der Waals surface area contributed by atoms with E-state index in [1.54, 1.807) is 0 Å². The first-order chi connectivity index (χ1) is 17.2. The molecule has 3 saturated carbocycles. The Bertz CT molecular complexity index is 823. The summed E-state index contributed by atoms with van der Waals surface area (Å²) in [5, 5.41) is 12.4. The van der Waals surface area contributed by atoms with Crippen molar-refractivity contribution in [2.75, 3.05) is 0 Å². The molecule has 0 amide bonds. The van der Waals surface area contributed by atoms with Crippen LogP contribution in [0.1, 0.15) is 125 Å². The van der Waals surface area contributed by atoms with Crippen LogP contribution in [-0.4, -0.2) is 34.9 Å². The Morgan fingerprint density at radius 3 is 2.11 bits per heavy atom. The standard InChI is InChI=1S/C21H29O2.3C4H9.Sn/c1-4-21(23)12-9-18-16-6-5-14-13-15(22)7-10-19(14,2)17(16)8-11-20(18,21)3;3*1-3-4-2;/h1,4,13,16-18,23H,5-12H2,2-3H3;3*1,3-4H2,2H3;/t16-,17+,18+,19+,20+,21+;;;;/m1..../s1. The van der Waals surface area contributed by atoms with Gasteiger partial charge in [0.15, 0.2) is 0 Å². The fourth-order valence-electron chi connectivity index (χ4n) is 9.41. The molecular weight excluding hydrogens is 547 g/mol. The molecule has 204 valence electrons. The summed E-state index contributed by atoms with van der Waals surface area (Å²) in [4.78, 5) is 12.2. The average Bonchev–Trinajstić information content (AvgIpc) is 3.14. The van der Waals surface area contributed by atoms with Crippen molar-refractivity contribution in [1.82, 2.24) is 0 Å². The van der Waals surface area contributed by atoms with Gasteiger partial charge < -0.3 is 0 Å². The Hall–Kier alpha value is -0.0913. The van der Waals surface area contributed by atoms with Crippen LogP contribution in [-0.2, 0) is 4.79 Å². The van der Waals surface area contributed by atoms with Crippen molar-refractivity contribution >= 4 is 24.2 Å². The molecule has 4 aliphatic rings. The van der Waals surface area contributed by atoms with Crippen LogP contribution in [0.2, 0.25) is 13.3 Å². The first-order valence-electron chi connectivity index (χ1n) is 15.8. The molecule has 36 heavy (non-hydrogen) atoms. The Morgan fingerprint density at radius 2 is 1.50 bits per heavy atom. The van der Waals surface area contributed by atoms with Gasteiger partial charge in [-0.1, -0.05) is 0 Å². The van der Waals surface area contributed by atoms with Crippen molar-refractivity contribution in [3.05, 3.63) is 21.8 Å². The van der Waals surface area contributed by atoms with E-state index in [1.807, 2.05) is 6.08 Å². The van der Waals surface area contributed by atoms with E-state index >= 15 is 0 Å². The maximum absolute atomic E-state index is 12.4. The van der Waals surface area contributed by atoms with Gasteiger partial charge in [0, 0.05) is 0 Å². The van der Waals surface area contributed by atoms with Crippen LogP contribution >= 0.6 is 0 Å². The molecule has 0 saturated heterocycles. The minimum absolute atomic E-state index is 0.0185. The predicted octanol–water partition coefficient (Wildman–Crippen LogP) is 9.19. The van der Waals surface area contributed by atoms with E-state index in [0.29, 0.717) is 17.6 Å². The van der Waals surface area contributed by atoms with Crippen molar-refractivity contribution in [2.24, 2.45) is 28.6 Å². The maximum atomic E-state index is 12.4. The SMILES string of the molecule is CCC[CH2][Sn](/[CH]=C/[C@]1(O)CC[C@H]2[C@@H]3CCC4=CC(=O)CC[C@]4(C)[C@H]3CC[C@@]21C)([CH2]CCC)[CH2]CCC. The molecule has 4 rings (SSSR count). The van der Waals surface area contributed by atoms with Gasteiger partial charge in [-0.2, -0.15) is 0 Å². The summed E-state index contributed by atoms with van der Waals surface area (Å²) in [5.74, 6) is 2.40. The first kappa shape index (κ1) is 28.9. The fourth-order valence-corrected chi connectivity index (χ4v) is 23.8. The summed E-state index contributed by atoms with van der Waals surface area (Å²) in [6, 6.07) is 0. The number of hydrogen-bond acceptors (Lipinski definition) is 2. The number of unbranched alkanes of at least 4 members (excludes halogenated alkanes) is 3. The molecule has 3 fully saturated rings. The number of aliphatic hydroxyl groups is 1. The van der Waals surface area contributed by atoms with Gasteiger partial charge in [0.2, 0.25) is 0 Å². The van der Waals surface area contributed by atoms with Crippen molar-refractivity contribution in [3.63, 3.8) is 0 Å². The third kappa shape index (κ3) is 5.22. The summed E-state index contributed by atoms with van der Waals surface area (Å²) in [5.41, 5.74) is 1.08. The Kier molecular flexibility index (Phi) is 9.29. The van der Waals surface area contributed by atoms with Crippen LogP contribution in [0.25, 0.3) is 0 Å². The van der Waals surface area contributed by atoms with Crippen LogP contribution in [0.4, 0.5) is 0 Å². The molecule has 0 unspecified atom stereocenters. The van der Waals surface area contributed by atoms with Crippen molar-refractivity contribution in [2.45, 2.75) is 143 Å². The van der Waals surface area contributed by atoms with E-state index in [0.717, 1.165) is 38.0 Å². The van der Waals surface area contributed by atoms with Gasteiger partial charge in [0.25, 0.3) is 0 Å². The molecule has 0 bridgehead atoms. The number of fused-ring (bicyclic) bond motifs is 5. The third-order valence-electron chi connectivity index (χ3n) is 12.0. The molecule has 1 N–H and O–H groups in total. The number of hydrogen-bond donors (Lipinski definition) is 1. The zero-order valence-electron chi connectivity index (χ0n) is 24.3. The summed E-state index contributed by atoms with van der Waals surface area (Å²) < 4.78 is 7.20. The second-order valence-corrected chi connectivity index (χ2v) is 26.9. The van der Waals surface area contributed by atoms with Crippen molar-refractivity contribution < 1.29 is 9.90 Å². The van der Waals surface area contributed by atoms with Crippen LogP contribution in [0, 0.1) is 28.6 Å². The number of carbonyl (C=O) groups excluding carboxylic acids is 1. The molecule has 0 aromatic heterocycles. The van der Waals surface area contributed by atoms with E-state index in [2.05, 4.69) is 44.8 Å². The zero-order chi connectivity index (χ0) is 26.0. The number of ketones is 1. The number of allylic oxidation sites excluding steroid dienone is 1. The van der Waals surface area contributed by atoms with Gasteiger partial charge in [-0.25, -0.2) is 0 Å². The number of carbonyl (C=O) groups is 1. The quantitative estimate of drug-likeness (QED) is 0.239. The molecule has 6 atom stereocenters. The van der Waals surface area contributed by atoms with Gasteiger partial charge in [0.05, 0.1) is 0 Å².